The van der Waals surface area contributed by atoms with Gasteiger partial charge in [-0.3, -0.25) is 0 Å². The number of sulfonamides is 1. The van der Waals surface area contributed by atoms with Gasteiger partial charge in [0.15, 0.2) is 0 Å². The van der Waals surface area contributed by atoms with Gasteiger partial charge in [0.05, 0.1) is 17.6 Å². The van der Waals surface area contributed by atoms with Crippen LogP contribution in [0, 0.1) is 0 Å². The van der Waals surface area contributed by atoms with Gasteiger partial charge in [0.1, 0.15) is 5.76 Å². The van der Waals surface area contributed by atoms with Crippen molar-refractivity contribution in [1.82, 2.24) is 4.72 Å². The van der Waals surface area contributed by atoms with Crippen LogP contribution in [0.25, 0.3) is 0 Å². The Kier molecular flexibility index (Phi) is 4.77. The molecule has 0 bridgehead atoms. The van der Waals surface area contributed by atoms with Gasteiger partial charge in [-0.1, -0.05) is 12.1 Å². The summed E-state index contributed by atoms with van der Waals surface area (Å²) < 4.78 is 31.4. The zero-order valence-electron chi connectivity index (χ0n) is 11.2. The van der Waals surface area contributed by atoms with Gasteiger partial charge in [-0.2, -0.15) is 0 Å². The van der Waals surface area contributed by atoms with E-state index in [0.29, 0.717) is 17.7 Å². The summed E-state index contributed by atoms with van der Waals surface area (Å²) in [5, 5.41) is 8.78. The van der Waals surface area contributed by atoms with Crippen LogP contribution >= 0.6 is 0 Å². The predicted molar refractivity (Wildman–Crippen MR) is 76.4 cm³/mol. The van der Waals surface area contributed by atoms with Crippen molar-refractivity contribution >= 4 is 16.0 Å². The van der Waals surface area contributed by atoms with Gasteiger partial charge < -0.3 is 9.52 Å². The van der Waals surface area contributed by atoms with Crippen molar-refractivity contribution in [2.75, 3.05) is 6.54 Å². The van der Waals surface area contributed by atoms with Crippen LogP contribution < -0.4 is 4.72 Å². The van der Waals surface area contributed by atoms with Gasteiger partial charge in [-0.25, -0.2) is 17.9 Å². The summed E-state index contributed by atoms with van der Waals surface area (Å²) >= 11 is 0. The molecule has 1 aromatic carbocycles. The number of carbonyl (C=O) groups is 1. The predicted octanol–water partition coefficient (Wildman–Crippen LogP) is 1.64. The number of carboxylic acids is 1. The largest absolute Gasteiger partial charge is 0.478 e. The molecule has 2 aromatic rings. The summed E-state index contributed by atoms with van der Waals surface area (Å²) in [5.74, 6) is -0.519. The fourth-order valence-electron chi connectivity index (χ4n) is 1.80. The molecule has 0 atom stereocenters. The zero-order chi connectivity index (χ0) is 15.3. The topological polar surface area (TPSA) is 96.6 Å². The molecular weight excluding hydrogens is 294 g/mol. The molecule has 6 nitrogen and oxygen atoms in total. The Labute approximate surface area is 122 Å². The van der Waals surface area contributed by atoms with Gasteiger partial charge in [-0.15, -0.1) is 0 Å². The van der Waals surface area contributed by atoms with Crippen LogP contribution in [-0.4, -0.2) is 26.0 Å². The normalized spacial score (nSPS) is 11.4. The van der Waals surface area contributed by atoms with Crippen LogP contribution in [0.5, 0.6) is 0 Å². The number of hydrogen-bond acceptors (Lipinski definition) is 4. The molecule has 0 saturated carbocycles. The van der Waals surface area contributed by atoms with Crippen molar-refractivity contribution in [1.29, 1.82) is 0 Å². The lowest BCUT2D eigenvalue weighted by Gasteiger charge is -2.06. The molecule has 0 fully saturated rings. The van der Waals surface area contributed by atoms with Gasteiger partial charge in [0, 0.05) is 13.0 Å². The standard InChI is InChI=1S/C14H15NO5S/c16-14(17)12-5-3-11(4-6-12)10-21(18,19)15-8-7-13-2-1-9-20-13/h1-6,9,15H,7-8,10H2,(H,16,17). The number of furan rings is 1. The molecule has 2 rings (SSSR count). The molecule has 0 saturated heterocycles. The maximum atomic E-state index is 11.9. The van der Waals surface area contributed by atoms with E-state index in [-0.39, 0.29) is 17.9 Å². The highest BCUT2D eigenvalue weighted by molar-refractivity contribution is 7.88. The first kappa shape index (κ1) is 15.3. The molecule has 2 N–H and O–H groups in total. The van der Waals surface area contributed by atoms with Crippen LogP contribution in [0.3, 0.4) is 0 Å². The summed E-state index contributed by atoms with van der Waals surface area (Å²) in [4.78, 5) is 10.7. The number of rotatable bonds is 7. The molecule has 0 radical (unpaired) electrons. The minimum Gasteiger partial charge on any atom is -0.478 e. The summed E-state index contributed by atoms with van der Waals surface area (Å²) in [5.41, 5.74) is 0.660. The highest BCUT2D eigenvalue weighted by Crippen LogP contribution is 2.08. The molecule has 112 valence electrons. The maximum absolute atomic E-state index is 11.9. The Morgan fingerprint density at radius 1 is 1.19 bits per heavy atom. The van der Waals surface area contributed by atoms with E-state index < -0.39 is 16.0 Å². The summed E-state index contributed by atoms with van der Waals surface area (Å²) in [6.45, 7) is 0.253. The molecule has 0 aliphatic rings. The minimum atomic E-state index is -3.46. The number of carboxylic acid groups (broad SMARTS) is 1. The van der Waals surface area contributed by atoms with E-state index in [1.54, 1.807) is 12.1 Å². The Bertz CT molecular complexity index is 689. The molecule has 0 amide bonds. The molecule has 0 aliphatic heterocycles. The average Bonchev–Trinajstić information content (AvgIpc) is 2.91. The van der Waals surface area contributed by atoms with Gasteiger partial charge >= 0.3 is 5.97 Å². The Morgan fingerprint density at radius 3 is 2.48 bits per heavy atom. The van der Waals surface area contributed by atoms with Crippen molar-refractivity contribution in [3.63, 3.8) is 0 Å². The molecule has 7 heteroatoms. The second-order valence-corrected chi connectivity index (χ2v) is 6.29. The summed E-state index contributed by atoms with van der Waals surface area (Å²) in [7, 11) is -3.46. The highest BCUT2D eigenvalue weighted by atomic mass is 32.2. The van der Waals surface area contributed by atoms with Crippen LogP contribution in [-0.2, 0) is 22.2 Å². The first-order valence-corrected chi connectivity index (χ1v) is 7.93. The Hall–Kier alpha value is -2.12. The highest BCUT2D eigenvalue weighted by Gasteiger charge is 2.12. The number of hydrogen-bond donors (Lipinski definition) is 2. The smallest absolute Gasteiger partial charge is 0.335 e. The van der Waals surface area contributed by atoms with Crippen molar-refractivity contribution in [2.45, 2.75) is 12.2 Å². The van der Waals surface area contributed by atoms with Crippen molar-refractivity contribution < 1.29 is 22.7 Å². The monoisotopic (exact) mass is 309 g/mol. The van der Waals surface area contributed by atoms with Crippen LogP contribution in [0.1, 0.15) is 21.7 Å². The maximum Gasteiger partial charge on any atom is 0.335 e. The first-order chi connectivity index (χ1) is 9.96. The fraction of sp³-hybridized carbons (Fsp3) is 0.214. The summed E-state index contributed by atoms with van der Waals surface area (Å²) in [6, 6.07) is 9.28. The van der Waals surface area contributed by atoms with E-state index in [4.69, 9.17) is 9.52 Å². The van der Waals surface area contributed by atoms with E-state index in [1.165, 1.54) is 30.5 Å². The molecule has 0 unspecified atom stereocenters. The third-order valence-electron chi connectivity index (χ3n) is 2.83. The second-order valence-electron chi connectivity index (χ2n) is 4.48. The van der Waals surface area contributed by atoms with E-state index in [2.05, 4.69) is 4.72 Å². The van der Waals surface area contributed by atoms with Gasteiger partial charge in [0.2, 0.25) is 10.0 Å². The van der Waals surface area contributed by atoms with Crippen LogP contribution in [0.4, 0.5) is 0 Å². The lowest BCUT2D eigenvalue weighted by Crippen LogP contribution is -2.27. The first-order valence-electron chi connectivity index (χ1n) is 6.28. The van der Waals surface area contributed by atoms with E-state index in [0.717, 1.165) is 0 Å². The van der Waals surface area contributed by atoms with Crippen LogP contribution in [0.15, 0.2) is 47.1 Å². The molecule has 1 aromatic heterocycles. The number of nitrogens with one attached hydrogen (secondary N) is 1. The number of aromatic carboxylic acids is 1. The third-order valence-corrected chi connectivity index (χ3v) is 4.19. The summed E-state index contributed by atoms with van der Waals surface area (Å²) in [6.07, 6.45) is 2.01. The van der Waals surface area contributed by atoms with Crippen molar-refractivity contribution in [3.05, 3.63) is 59.5 Å². The minimum absolute atomic E-state index is 0.127. The SMILES string of the molecule is O=C(O)c1ccc(CS(=O)(=O)NCCc2ccco2)cc1. The third kappa shape index (κ3) is 4.73. The quantitative estimate of drug-likeness (QED) is 0.810. The van der Waals surface area contributed by atoms with E-state index in [9.17, 15) is 13.2 Å². The second kappa shape index (κ2) is 6.55. The van der Waals surface area contributed by atoms with Gasteiger partial charge in [0.25, 0.3) is 0 Å². The van der Waals surface area contributed by atoms with Gasteiger partial charge in [-0.05, 0) is 29.8 Å². The van der Waals surface area contributed by atoms with Crippen LogP contribution in [0.2, 0.25) is 0 Å². The molecule has 21 heavy (non-hydrogen) atoms. The molecule has 0 spiro atoms. The van der Waals surface area contributed by atoms with E-state index >= 15 is 0 Å². The van der Waals surface area contributed by atoms with Crippen molar-refractivity contribution in [3.8, 4) is 0 Å². The molecular formula is C14H15NO5S. The van der Waals surface area contributed by atoms with E-state index in [1.807, 2.05) is 0 Å². The lowest BCUT2D eigenvalue weighted by atomic mass is 10.1. The Morgan fingerprint density at radius 2 is 1.90 bits per heavy atom. The number of benzene rings is 1. The molecule has 1 heterocycles. The average molecular weight is 309 g/mol. The Balaban J connectivity index is 1.89. The lowest BCUT2D eigenvalue weighted by molar-refractivity contribution is 0.0697. The molecule has 0 aliphatic carbocycles. The zero-order valence-corrected chi connectivity index (χ0v) is 12.0. The van der Waals surface area contributed by atoms with Crippen molar-refractivity contribution in [2.24, 2.45) is 0 Å². The fourth-order valence-corrected chi connectivity index (χ4v) is 2.94.